The Morgan fingerprint density at radius 1 is 1.54 bits per heavy atom. The minimum Gasteiger partial charge on any atom is -0.372 e. The summed E-state index contributed by atoms with van der Waals surface area (Å²) in [6.45, 7) is 4.36. The summed E-state index contributed by atoms with van der Waals surface area (Å²) in [5, 5.41) is 9.50. The number of aryl methyl sites for hydroxylation is 1. The Hall–Kier alpha value is -1.66. The molecule has 24 heavy (non-hydrogen) atoms. The lowest BCUT2D eigenvalue weighted by Crippen LogP contribution is -2.40. The molecular weight excluding hydrogens is 322 g/mol. The van der Waals surface area contributed by atoms with Gasteiger partial charge in [-0.15, -0.1) is 11.3 Å². The molecule has 1 saturated heterocycles. The lowest BCUT2D eigenvalue weighted by molar-refractivity contribution is -0.135. The van der Waals surface area contributed by atoms with Crippen molar-refractivity contribution in [3.63, 3.8) is 0 Å². The average Bonchev–Trinajstić information content (AvgIpc) is 3.24. The molecule has 0 spiro atoms. The smallest absolute Gasteiger partial charge is 0.225 e. The van der Waals surface area contributed by atoms with Crippen LogP contribution >= 0.6 is 11.3 Å². The Kier molecular flexibility index (Phi) is 4.41. The minimum absolute atomic E-state index is 0.0609. The first-order chi connectivity index (χ1) is 11.7. The van der Waals surface area contributed by atoms with E-state index < -0.39 is 0 Å². The number of likely N-dealkylation sites (tertiary alicyclic amines) is 1. The molecule has 1 amide bonds. The number of thiophene rings is 1. The molecule has 2 aliphatic rings. The second-order valence-electron chi connectivity index (χ2n) is 6.78. The van der Waals surface area contributed by atoms with Gasteiger partial charge in [0.15, 0.2) is 0 Å². The summed E-state index contributed by atoms with van der Waals surface area (Å²) in [6, 6.07) is 4.26. The number of nitrogens with zero attached hydrogens (tertiary/aromatic N) is 2. The fourth-order valence-electron chi connectivity index (χ4n) is 3.76. The van der Waals surface area contributed by atoms with E-state index in [1.54, 1.807) is 11.3 Å². The summed E-state index contributed by atoms with van der Waals surface area (Å²) >= 11 is 1.71. The van der Waals surface area contributed by atoms with Gasteiger partial charge in [-0.3, -0.25) is 9.89 Å². The van der Waals surface area contributed by atoms with Gasteiger partial charge in [0.2, 0.25) is 5.91 Å². The van der Waals surface area contributed by atoms with Crippen molar-refractivity contribution in [3.05, 3.63) is 39.3 Å². The molecule has 128 valence electrons. The third kappa shape index (κ3) is 3.13. The van der Waals surface area contributed by atoms with Crippen molar-refractivity contribution in [2.45, 2.75) is 44.6 Å². The zero-order valence-corrected chi connectivity index (χ0v) is 14.8. The number of nitrogens with one attached hydrogen (secondary N) is 1. The van der Waals surface area contributed by atoms with Crippen molar-refractivity contribution in [2.24, 2.45) is 0 Å². The molecular formula is C18H23N3O2S. The van der Waals surface area contributed by atoms with E-state index in [4.69, 9.17) is 4.74 Å². The standard InChI is InChI=1S/C18H23N3O2S/c1-12-9-15(20-19-12)14-3-2-6-21(11-14)17(22)10-16-18-13(4-7-23-16)5-8-24-18/h5,8-9,14,16H,2-4,6-7,10-11H2,1H3,(H,19,20)/t14-,16+/m1/s1. The number of ether oxygens (including phenoxy) is 1. The van der Waals surface area contributed by atoms with Crippen LogP contribution in [0.2, 0.25) is 0 Å². The molecule has 5 nitrogen and oxygen atoms in total. The second-order valence-corrected chi connectivity index (χ2v) is 7.73. The van der Waals surface area contributed by atoms with E-state index in [9.17, 15) is 4.79 Å². The third-order valence-corrected chi connectivity index (χ3v) is 6.09. The quantitative estimate of drug-likeness (QED) is 0.929. The lowest BCUT2D eigenvalue weighted by atomic mass is 9.94. The highest BCUT2D eigenvalue weighted by Crippen LogP contribution is 2.35. The van der Waals surface area contributed by atoms with Gasteiger partial charge in [0, 0.05) is 29.6 Å². The summed E-state index contributed by atoms with van der Waals surface area (Å²) in [7, 11) is 0. The van der Waals surface area contributed by atoms with Crippen LogP contribution in [0.3, 0.4) is 0 Å². The van der Waals surface area contributed by atoms with Crippen LogP contribution in [-0.2, 0) is 16.0 Å². The summed E-state index contributed by atoms with van der Waals surface area (Å²) in [4.78, 5) is 16.0. The summed E-state index contributed by atoms with van der Waals surface area (Å²) in [5.41, 5.74) is 3.52. The number of H-pyrrole nitrogens is 1. The summed E-state index contributed by atoms with van der Waals surface area (Å²) in [6.07, 6.45) is 3.50. The van der Waals surface area contributed by atoms with E-state index in [2.05, 4.69) is 27.7 Å². The molecule has 2 aliphatic heterocycles. The maximum Gasteiger partial charge on any atom is 0.225 e. The molecule has 0 saturated carbocycles. The molecule has 0 radical (unpaired) electrons. The van der Waals surface area contributed by atoms with Crippen molar-refractivity contribution in [1.82, 2.24) is 15.1 Å². The highest BCUT2D eigenvalue weighted by Gasteiger charge is 2.30. The molecule has 4 heterocycles. The van der Waals surface area contributed by atoms with Crippen molar-refractivity contribution < 1.29 is 9.53 Å². The number of carbonyl (C=O) groups is 1. The number of aromatic nitrogens is 2. The van der Waals surface area contributed by atoms with Gasteiger partial charge >= 0.3 is 0 Å². The van der Waals surface area contributed by atoms with E-state index in [1.807, 2.05) is 11.8 Å². The monoisotopic (exact) mass is 345 g/mol. The minimum atomic E-state index is -0.0609. The predicted molar refractivity (Wildman–Crippen MR) is 93.2 cm³/mol. The van der Waals surface area contributed by atoms with Gasteiger partial charge in [-0.05, 0) is 49.3 Å². The summed E-state index contributed by atoms with van der Waals surface area (Å²) in [5.74, 6) is 0.551. The number of hydrogen-bond acceptors (Lipinski definition) is 4. The van der Waals surface area contributed by atoms with Gasteiger partial charge < -0.3 is 9.64 Å². The van der Waals surface area contributed by atoms with E-state index in [-0.39, 0.29) is 12.0 Å². The molecule has 1 fully saturated rings. The SMILES string of the molecule is Cc1cc([C@@H]2CCCN(C(=O)C[C@@H]3OCCc4ccsc43)C2)n[nH]1. The number of carbonyl (C=O) groups excluding carboxylic acids is 1. The normalized spacial score (nSPS) is 24.0. The number of rotatable bonds is 3. The third-order valence-electron chi connectivity index (χ3n) is 5.04. The van der Waals surface area contributed by atoms with Crippen molar-refractivity contribution >= 4 is 17.2 Å². The maximum atomic E-state index is 12.8. The predicted octanol–water partition coefficient (Wildman–Crippen LogP) is 3.19. The second kappa shape index (κ2) is 6.69. The molecule has 4 rings (SSSR count). The van der Waals surface area contributed by atoms with Gasteiger partial charge in [0.05, 0.1) is 18.7 Å². The lowest BCUT2D eigenvalue weighted by Gasteiger charge is -2.33. The van der Waals surface area contributed by atoms with Crippen molar-refractivity contribution in [1.29, 1.82) is 0 Å². The van der Waals surface area contributed by atoms with Crippen molar-refractivity contribution in [3.8, 4) is 0 Å². The largest absolute Gasteiger partial charge is 0.372 e. The zero-order valence-electron chi connectivity index (χ0n) is 14.0. The highest BCUT2D eigenvalue weighted by molar-refractivity contribution is 7.10. The van der Waals surface area contributed by atoms with E-state index >= 15 is 0 Å². The molecule has 6 heteroatoms. The van der Waals surface area contributed by atoms with Crippen LogP contribution < -0.4 is 0 Å². The topological polar surface area (TPSA) is 58.2 Å². The molecule has 2 aromatic heterocycles. The first-order valence-corrected chi connectivity index (χ1v) is 9.56. The Morgan fingerprint density at radius 2 is 2.46 bits per heavy atom. The van der Waals surface area contributed by atoms with E-state index in [0.29, 0.717) is 12.3 Å². The molecule has 0 unspecified atom stereocenters. The van der Waals surface area contributed by atoms with Gasteiger partial charge in [0.1, 0.15) is 6.10 Å². The Labute approximate surface area is 146 Å². The first kappa shape index (κ1) is 15.8. The van der Waals surface area contributed by atoms with Crippen LogP contribution in [0.4, 0.5) is 0 Å². The Morgan fingerprint density at radius 3 is 3.29 bits per heavy atom. The molecule has 0 aliphatic carbocycles. The molecule has 2 atom stereocenters. The average molecular weight is 345 g/mol. The van der Waals surface area contributed by atoms with E-state index in [0.717, 1.165) is 50.3 Å². The first-order valence-electron chi connectivity index (χ1n) is 8.68. The van der Waals surface area contributed by atoms with Crippen LogP contribution in [0.15, 0.2) is 17.5 Å². The van der Waals surface area contributed by atoms with Crippen LogP contribution in [0, 0.1) is 6.92 Å². The Balaban J connectivity index is 1.42. The van der Waals surface area contributed by atoms with Crippen molar-refractivity contribution in [2.75, 3.05) is 19.7 Å². The molecule has 2 aromatic rings. The number of piperidine rings is 1. The van der Waals surface area contributed by atoms with Gasteiger partial charge in [-0.2, -0.15) is 5.10 Å². The number of hydrogen-bond donors (Lipinski definition) is 1. The fourth-order valence-corrected chi connectivity index (χ4v) is 4.76. The van der Waals surface area contributed by atoms with Crippen LogP contribution in [0.1, 0.15) is 53.1 Å². The van der Waals surface area contributed by atoms with E-state index in [1.165, 1.54) is 10.4 Å². The van der Waals surface area contributed by atoms with Crippen LogP contribution in [-0.4, -0.2) is 40.7 Å². The zero-order chi connectivity index (χ0) is 16.5. The number of fused-ring (bicyclic) bond motifs is 1. The van der Waals surface area contributed by atoms with Gasteiger partial charge in [0.25, 0.3) is 0 Å². The Bertz CT molecular complexity index is 723. The molecule has 1 N–H and O–H groups in total. The van der Waals surface area contributed by atoms with Gasteiger partial charge in [-0.25, -0.2) is 0 Å². The summed E-state index contributed by atoms with van der Waals surface area (Å²) < 4.78 is 5.88. The number of amides is 1. The number of aromatic amines is 1. The van der Waals surface area contributed by atoms with Crippen LogP contribution in [0.25, 0.3) is 0 Å². The fraction of sp³-hybridized carbons (Fsp3) is 0.556. The molecule has 0 aromatic carbocycles. The van der Waals surface area contributed by atoms with Gasteiger partial charge in [-0.1, -0.05) is 0 Å². The molecule has 0 bridgehead atoms. The highest BCUT2D eigenvalue weighted by atomic mass is 32.1. The van der Waals surface area contributed by atoms with Crippen LogP contribution in [0.5, 0.6) is 0 Å². The maximum absolute atomic E-state index is 12.8.